The number of fused-ring (bicyclic) bond motifs is 5. The summed E-state index contributed by atoms with van der Waals surface area (Å²) in [5.74, 6) is -2.89. The SMILES string of the molecule is CC(C)(C)OC(=O)CCC(CO)NC(=O)C1CCCN1C(=O)C12CC3OC(=O)C1N(Cc1ccc(C=COCCO)cc1)OC2C1OC2(Cc4ccccc4C2)OC31. The normalized spacial score (nSPS) is 29.9. The number of benzene rings is 2. The first-order valence-corrected chi connectivity index (χ1v) is 20.3. The first kappa shape index (κ1) is 40.4. The molecule has 8 atom stereocenters. The molecule has 2 amide bonds. The molecule has 2 bridgehead atoms. The van der Waals surface area contributed by atoms with Gasteiger partial charge in [-0.25, -0.2) is 0 Å². The van der Waals surface area contributed by atoms with Crippen molar-refractivity contribution in [1.29, 1.82) is 0 Å². The number of amides is 2. The maximum absolute atomic E-state index is 15.4. The van der Waals surface area contributed by atoms with Crippen molar-refractivity contribution >= 4 is 29.8 Å². The van der Waals surface area contributed by atoms with Crippen LogP contribution in [-0.2, 0) is 67.1 Å². The number of aliphatic hydroxyl groups is 2. The topological polar surface area (TPSA) is 183 Å². The molecule has 2 aromatic rings. The van der Waals surface area contributed by atoms with Crippen LogP contribution in [0.3, 0.4) is 0 Å². The molecule has 8 rings (SSSR count). The first-order chi connectivity index (χ1) is 27.8. The quantitative estimate of drug-likeness (QED) is 0.153. The number of ether oxygens (including phenoxy) is 5. The number of carbonyl (C=O) groups excluding carboxylic acids is 4. The first-order valence-electron chi connectivity index (χ1n) is 20.3. The largest absolute Gasteiger partial charge is 0.499 e. The van der Waals surface area contributed by atoms with Crippen molar-refractivity contribution in [2.24, 2.45) is 5.41 Å². The Morgan fingerprint density at radius 1 is 1.03 bits per heavy atom. The summed E-state index contributed by atoms with van der Waals surface area (Å²) in [4.78, 5) is 64.4. The predicted octanol–water partition coefficient (Wildman–Crippen LogP) is 2.34. The molecule has 4 aliphatic heterocycles. The Balaban J connectivity index is 1.06. The molecule has 15 heteroatoms. The number of carbonyl (C=O) groups is 4. The van der Waals surface area contributed by atoms with Gasteiger partial charge in [-0.3, -0.25) is 24.0 Å². The van der Waals surface area contributed by atoms with Gasteiger partial charge in [0, 0.05) is 32.2 Å². The Kier molecular flexibility index (Phi) is 11.1. The smallest absolute Gasteiger partial charge is 0.327 e. The Morgan fingerprint density at radius 2 is 1.76 bits per heavy atom. The van der Waals surface area contributed by atoms with Gasteiger partial charge in [0.1, 0.15) is 48.1 Å². The van der Waals surface area contributed by atoms with Gasteiger partial charge in [0.05, 0.1) is 32.1 Å². The Labute approximate surface area is 337 Å². The van der Waals surface area contributed by atoms with Crippen molar-refractivity contribution in [2.45, 2.75) is 126 Å². The standard InChI is InChI=1S/C43H53N3O12/c1-41(2,3)55-33(49)15-14-30(25-48)44-38(50)31-9-6-17-45(31)40(52)43-23-32-34-35(57-42(56-34)21-28-7-4-5-8-29(28)22-42)37(43)58-46(36(43)39(51)54-32)24-27-12-10-26(11-13-27)16-19-53-20-18-47/h4-5,7-8,10-13,16,19,30-32,34-37,47-48H,6,9,14-15,17-18,20-25H2,1-3H3,(H,44,50). The summed E-state index contributed by atoms with van der Waals surface area (Å²) < 4.78 is 30.5. The lowest BCUT2D eigenvalue weighted by Gasteiger charge is -2.50. The third-order valence-electron chi connectivity index (χ3n) is 12.1. The summed E-state index contributed by atoms with van der Waals surface area (Å²) in [7, 11) is 0. The highest BCUT2D eigenvalue weighted by Gasteiger charge is 2.77. The van der Waals surface area contributed by atoms with E-state index in [0.717, 1.165) is 22.3 Å². The monoisotopic (exact) mass is 803 g/mol. The second-order valence-corrected chi connectivity index (χ2v) is 17.2. The minimum Gasteiger partial charge on any atom is -0.499 e. The molecule has 6 aliphatic rings. The minimum atomic E-state index is -1.47. The fraction of sp³-hybridized carbons (Fsp3) is 0.581. The third-order valence-corrected chi connectivity index (χ3v) is 12.1. The van der Waals surface area contributed by atoms with E-state index in [4.69, 9.17) is 33.6 Å². The molecular formula is C43H53N3O12. The highest BCUT2D eigenvalue weighted by Crippen LogP contribution is 2.59. The van der Waals surface area contributed by atoms with E-state index in [-0.39, 0.29) is 51.5 Å². The Morgan fingerprint density at radius 3 is 2.45 bits per heavy atom. The van der Waals surface area contributed by atoms with E-state index in [1.807, 2.05) is 48.5 Å². The molecule has 2 aliphatic carbocycles. The molecule has 5 fully saturated rings. The number of esters is 2. The van der Waals surface area contributed by atoms with Crippen molar-refractivity contribution in [1.82, 2.24) is 15.3 Å². The van der Waals surface area contributed by atoms with E-state index < -0.39 is 83.8 Å². The van der Waals surface area contributed by atoms with Gasteiger partial charge in [-0.1, -0.05) is 48.5 Å². The zero-order valence-corrected chi connectivity index (χ0v) is 33.2. The van der Waals surface area contributed by atoms with Crippen LogP contribution in [-0.4, -0.2) is 124 Å². The Hall–Kier alpha value is -4.38. The highest BCUT2D eigenvalue weighted by atomic mass is 16.8. The number of likely N-dealkylation sites (tertiary alicyclic amines) is 1. The number of rotatable bonds is 13. The second kappa shape index (κ2) is 16.0. The van der Waals surface area contributed by atoms with Gasteiger partial charge in [-0.05, 0) is 68.4 Å². The van der Waals surface area contributed by atoms with E-state index >= 15 is 4.79 Å². The number of aliphatic hydroxyl groups excluding tert-OH is 2. The van der Waals surface area contributed by atoms with E-state index in [2.05, 4.69) is 5.32 Å². The molecule has 4 saturated heterocycles. The Bertz CT molecular complexity index is 1890. The summed E-state index contributed by atoms with van der Waals surface area (Å²) in [5, 5.41) is 23.5. The molecule has 1 spiro atoms. The fourth-order valence-electron chi connectivity index (χ4n) is 9.64. The lowest BCUT2D eigenvalue weighted by molar-refractivity contribution is -0.218. The van der Waals surface area contributed by atoms with Crippen LogP contribution < -0.4 is 5.32 Å². The van der Waals surface area contributed by atoms with E-state index in [1.165, 1.54) is 6.26 Å². The van der Waals surface area contributed by atoms with Gasteiger partial charge in [0.15, 0.2) is 11.8 Å². The summed E-state index contributed by atoms with van der Waals surface area (Å²) in [6.45, 7) is 5.43. The van der Waals surface area contributed by atoms with E-state index in [1.54, 1.807) is 36.8 Å². The minimum absolute atomic E-state index is 0.00506. The summed E-state index contributed by atoms with van der Waals surface area (Å²) >= 11 is 0. The average molecular weight is 804 g/mol. The molecule has 2 aromatic carbocycles. The number of nitrogens with zero attached hydrogens (tertiary/aromatic N) is 2. The van der Waals surface area contributed by atoms with Crippen LogP contribution in [0.1, 0.15) is 75.1 Å². The summed E-state index contributed by atoms with van der Waals surface area (Å²) in [5.41, 5.74) is 1.75. The molecule has 15 nitrogen and oxygen atoms in total. The average Bonchev–Trinajstić information content (AvgIpc) is 3.98. The second-order valence-electron chi connectivity index (χ2n) is 17.2. The van der Waals surface area contributed by atoms with Gasteiger partial charge >= 0.3 is 11.9 Å². The number of nitrogens with one attached hydrogen (secondary N) is 1. The molecule has 1 saturated carbocycles. The lowest BCUT2D eigenvalue weighted by Crippen LogP contribution is -2.70. The highest BCUT2D eigenvalue weighted by molar-refractivity contribution is 5.96. The third kappa shape index (κ3) is 7.64. The van der Waals surface area contributed by atoms with Crippen LogP contribution in [0.15, 0.2) is 54.8 Å². The lowest BCUT2D eigenvalue weighted by atomic mass is 9.62. The summed E-state index contributed by atoms with van der Waals surface area (Å²) in [6, 6.07) is 12.9. The molecular weight excluding hydrogens is 750 g/mol. The van der Waals surface area contributed by atoms with Crippen LogP contribution in [0.2, 0.25) is 0 Å². The maximum Gasteiger partial charge on any atom is 0.327 e. The maximum atomic E-state index is 15.4. The van der Waals surface area contributed by atoms with Crippen molar-refractivity contribution in [3.63, 3.8) is 0 Å². The van der Waals surface area contributed by atoms with Gasteiger partial charge in [-0.15, -0.1) is 0 Å². The van der Waals surface area contributed by atoms with Crippen LogP contribution in [0, 0.1) is 5.41 Å². The number of hydrogen-bond acceptors (Lipinski definition) is 13. The van der Waals surface area contributed by atoms with Gasteiger partial charge in [0.25, 0.3) is 0 Å². The fourth-order valence-corrected chi connectivity index (χ4v) is 9.64. The van der Waals surface area contributed by atoms with E-state index in [9.17, 15) is 19.5 Å². The molecule has 0 radical (unpaired) electrons. The van der Waals surface area contributed by atoms with Crippen molar-refractivity contribution in [3.8, 4) is 0 Å². The van der Waals surface area contributed by atoms with Crippen LogP contribution in [0.5, 0.6) is 0 Å². The number of hydroxylamine groups is 2. The summed E-state index contributed by atoms with van der Waals surface area (Å²) in [6.07, 6.45) is 2.31. The molecule has 4 heterocycles. The molecule has 8 unspecified atom stereocenters. The molecule has 3 N–H and O–H groups in total. The van der Waals surface area contributed by atoms with Crippen LogP contribution in [0.4, 0.5) is 0 Å². The molecule has 58 heavy (non-hydrogen) atoms. The van der Waals surface area contributed by atoms with E-state index in [0.29, 0.717) is 25.7 Å². The van der Waals surface area contributed by atoms with Gasteiger partial charge in [-0.2, -0.15) is 5.06 Å². The van der Waals surface area contributed by atoms with Crippen molar-refractivity contribution in [2.75, 3.05) is 26.4 Å². The van der Waals surface area contributed by atoms with Crippen LogP contribution in [0.25, 0.3) is 6.08 Å². The van der Waals surface area contributed by atoms with Gasteiger partial charge < -0.3 is 44.1 Å². The predicted molar refractivity (Wildman–Crippen MR) is 205 cm³/mol. The zero-order valence-electron chi connectivity index (χ0n) is 33.2. The number of hydrogen-bond donors (Lipinski definition) is 3. The molecule has 0 aromatic heterocycles. The van der Waals surface area contributed by atoms with Crippen molar-refractivity contribution < 1.29 is 57.9 Å². The molecule has 312 valence electrons. The zero-order chi connectivity index (χ0) is 40.8. The van der Waals surface area contributed by atoms with Crippen LogP contribution >= 0.6 is 0 Å². The van der Waals surface area contributed by atoms with Crippen molar-refractivity contribution in [3.05, 3.63) is 77.0 Å². The van der Waals surface area contributed by atoms with Gasteiger partial charge in [0.2, 0.25) is 11.8 Å².